The second-order valence-corrected chi connectivity index (χ2v) is 11.4. The van der Waals surface area contributed by atoms with E-state index in [0.29, 0.717) is 24.2 Å². The van der Waals surface area contributed by atoms with E-state index in [-0.39, 0.29) is 5.56 Å². The largest absolute Gasteiger partial charge is 0.283 e. The van der Waals surface area contributed by atoms with Gasteiger partial charge in [-0.15, -0.1) is 10.2 Å². The quantitative estimate of drug-likeness (QED) is 0.246. The van der Waals surface area contributed by atoms with Gasteiger partial charge in [-0.25, -0.2) is 4.68 Å². The summed E-state index contributed by atoms with van der Waals surface area (Å²) >= 11 is 0. The first-order valence-corrected chi connectivity index (χ1v) is 15.0. The van der Waals surface area contributed by atoms with Crippen LogP contribution in [0.15, 0.2) is 53.3 Å². The van der Waals surface area contributed by atoms with Crippen LogP contribution in [-0.2, 0) is 19.4 Å². The number of aromatic amines is 1. The fraction of sp³-hybridized carbons (Fsp3) is 0.500. The molecule has 1 aliphatic heterocycles. The Morgan fingerprint density at radius 2 is 1.72 bits per heavy atom. The van der Waals surface area contributed by atoms with Crippen molar-refractivity contribution in [3.63, 3.8) is 0 Å². The van der Waals surface area contributed by atoms with Crippen LogP contribution < -0.4 is 5.56 Å². The summed E-state index contributed by atoms with van der Waals surface area (Å²) in [7, 11) is 0. The lowest BCUT2D eigenvalue weighted by atomic mass is 9.81. The van der Waals surface area contributed by atoms with Crippen molar-refractivity contribution in [3.8, 4) is 22.5 Å². The molecule has 204 valence electrons. The Balaban J connectivity index is 1.32. The van der Waals surface area contributed by atoms with E-state index in [0.717, 1.165) is 48.1 Å². The Bertz CT molecular complexity index is 1430. The van der Waals surface area contributed by atoms with Gasteiger partial charge in [0.25, 0.3) is 5.56 Å². The zero-order valence-corrected chi connectivity index (χ0v) is 23.1. The molecule has 7 heteroatoms. The molecule has 0 amide bonds. The molecule has 1 saturated carbocycles. The zero-order valence-electron chi connectivity index (χ0n) is 23.1. The molecule has 1 fully saturated rings. The van der Waals surface area contributed by atoms with Gasteiger partial charge < -0.3 is 0 Å². The second-order valence-electron chi connectivity index (χ2n) is 11.4. The number of unbranched alkanes of at least 4 members (excludes halogenated alkanes) is 2. The van der Waals surface area contributed by atoms with E-state index in [9.17, 15) is 4.79 Å². The summed E-state index contributed by atoms with van der Waals surface area (Å²) in [5.41, 5.74) is 6.89. The molecule has 1 atom stereocenters. The number of nitrogens with one attached hydrogen (secondary N) is 1. The average molecular weight is 525 g/mol. The number of benzene rings is 2. The monoisotopic (exact) mass is 524 g/mol. The smallest absolute Gasteiger partial charge is 0.270 e. The maximum atomic E-state index is 13.9. The highest BCUT2D eigenvalue weighted by Crippen LogP contribution is 2.39. The van der Waals surface area contributed by atoms with Gasteiger partial charge in [-0.1, -0.05) is 87.6 Å². The number of H-pyrrole nitrogens is 1. The summed E-state index contributed by atoms with van der Waals surface area (Å²) in [6.45, 7) is 3.11. The first-order chi connectivity index (χ1) is 19.2. The van der Waals surface area contributed by atoms with Crippen molar-refractivity contribution < 1.29 is 0 Å². The lowest BCUT2D eigenvalue weighted by Gasteiger charge is -2.37. The molecule has 0 spiro atoms. The van der Waals surface area contributed by atoms with Crippen LogP contribution in [0.2, 0.25) is 0 Å². The Kier molecular flexibility index (Phi) is 7.75. The third-order valence-electron chi connectivity index (χ3n) is 8.93. The summed E-state index contributed by atoms with van der Waals surface area (Å²) in [6, 6.07) is 17.3. The topological polar surface area (TPSA) is 81.4 Å². The minimum absolute atomic E-state index is 0.244. The third-order valence-corrected chi connectivity index (χ3v) is 8.93. The third kappa shape index (κ3) is 5.23. The molecule has 0 saturated heterocycles. The van der Waals surface area contributed by atoms with Crippen molar-refractivity contribution >= 4 is 0 Å². The van der Waals surface area contributed by atoms with Gasteiger partial charge in [0.05, 0.1) is 6.04 Å². The molecule has 1 unspecified atom stereocenters. The molecule has 1 aliphatic carbocycles. The van der Waals surface area contributed by atoms with Crippen molar-refractivity contribution in [2.75, 3.05) is 0 Å². The fourth-order valence-electron chi connectivity index (χ4n) is 6.97. The number of nitrogens with zero attached hydrogens (tertiary/aromatic N) is 5. The molecule has 3 heterocycles. The van der Waals surface area contributed by atoms with Crippen molar-refractivity contribution in [3.05, 3.63) is 75.7 Å². The molecule has 0 radical (unpaired) electrons. The molecule has 2 aliphatic rings. The minimum atomic E-state index is 0.244. The molecule has 1 N–H and O–H groups in total. The number of rotatable bonds is 9. The highest BCUT2D eigenvalue weighted by molar-refractivity contribution is 5.80. The predicted molar refractivity (Wildman–Crippen MR) is 155 cm³/mol. The van der Waals surface area contributed by atoms with Crippen LogP contribution in [0.25, 0.3) is 22.5 Å². The maximum Gasteiger partial charge on any atom is 0.270 e. The standard InChI is InChI=1S/C32H40N6O/c1-2-3-5-15-30-28(32(39)37-21-10-16-29(38(30)37)25-11-6-4-7-12-25)22-23-17-19-24(20-18-23)26-13-8-9-14-27(26)31-33-35-36-34-31/h8-9,13-14,17-20,25,29H,2-7,10-12,15-16,21-22H2,1H3,(H,33,34,35,36). The maximum absolute atomic E-state index is 13.9. The second kappa shape index (κ2) is 11.7. The van der Waals surface area contributed by atoms with Gasteiger partial charge in [0.15, 0.2) is 0 Å². The molecular weight excluding hydrogens is 484 g/mol. The van der Waals surface area contributed by atoms with Gasteiger partial charge in [-0.3, -0.25) is 9.48 Å². The van der Waals surface area contributed by atoms with Crippen LogP contribution in [0.5, 0.6) is 0 Å². The normalized spacial score (nSPS) is 17.8. The average Bonchev–Trinajstić information content (AvgIpc) is 3.62. The van der Waals surface area contributed by atoms with Crippen LogP contribution in [0.4, 0.5) is 0 Å². The van der Waals surface area contributed by atoms with Gasteiger partial charge >= 0.3 is 0 Å². The van der Waals surface area contributed by atoms with Crippen LogP contribution in [0, 0.1) is 5.92 Å². The first-order valence-electron chi connectivity index (χ1n) is 15.0. The van der Waals surface area contributed by atoms with Gasteiger partial charge in [0, 0.05) is 29.8 Å². The van der Waals surface area contributed by atoms with Gasteiger partial charge in [-0.2, -0.15) is 5.21 Å². The molecule has 0 bridgehead atoms. The summed E-state index contributed by atoms with van der Waals surface area (Å²) in [6.07, 6.45) is 14.3. The lowest BCUT2D eigenvalue weighted by Crippen LogP contribution is -2.35. The number of fused-ring (bicyclic) bond motifs is 1. The number of hydrogen-bond acceptors (Lipinski definition) is 4. The lowest BCUT2D eigenvalue weighted by molar-refractivity contribution is 0.164. The predicted octanol–water partition coefficient (Wildman–Crippen LogP) is 6.74. The highest BCUT2D eigenvalue weighted by atomic mass is 16.1. The number of hydrogen-bond donors (Lipinski definition) is 1. The SMILES string of the molecule is CCCCCc1c(Cc2ccc(-c3ccccc3-c3nn[nH]n3)cc2)c(=O)n2n1C(C1CCCCC1)CCC2. The zero-order chi connectivity index (χ0) is 26.6. The summed E-state index contributed by atoms with van der Waals surface area (Å²) in [4.78, 5) is 13.9. The Morgan fingerprint density at radius 1 is 0.923 bits per heavy atom. The Labute approximate surface area is 230 Å². The van der Waals surface area contributed by atoms with E-state index < -0.39 is 0 Å². The van der Waals surface area contributed by atoms with Crippen LogP contribution >= 0.6 is 0 Å². The van der Waals surface area contributed by atoms with Gasteiger partial charge in [0.1, 0.15) is 0 Å². The van der Waals surface area contributed by atoms with Gasteiger partial charge in [0.2, 0.25) is 5.82 Å². The molecule has 2 aromatic heterocycles. The molecular formula is C32H40N6O. The van der Waals surface area contributed by atoms with E-state index in [1.807, 2.05) is 18.2 Å². The van der Waals surface area contributed by atoms with E-state index in [1.165, 1.54) is 62.6 Å². The summed E-state index contributed by atoms with van der Waals surface area (Å²) in [5, 5.41) is 14.6. The molecule has 4 aromatic rings. The van der Waals surface area contributed by atoms with E-state index in [4.69, 9.17) is 0 Å². The van der Waals surface area contributed by atoms with Crippen molar-refractivity contribution in [1.29, 1.82) is 0 Å². The molecule has 2 aromatic carbocycles. The summed E-state index contributed by atoms with van der Waals surface area (Å²) < 4.78 is 4.62. The van der Waals surface area contributed by atoms with Crippen molar-refractivity contribution in [1.82, 2.24) is 30.0 Å². The van der Waals surface area contributed by atoms with Crippen molar-refractivity contribution in [2.24, 2.45) is 5.92 Å². The van der Waals surface area contributed by atoms with Crippen LogP contribution in [0.1, 0.15) is 94.0 Å². The molecule has 39 heavy (non-hydrogen) atoms. The van der Waals surface area contributed by atoms with Gasteiger partial charge in [-0.05, 0) is 66.3 Å². The van der Waals surface area contributed by atoms with Crippen molar-refractivity contribution in [2.45, 2.75) is 96.6 Å². The van der Waals surface area contributed by atoms with E-state index in [1.54, 1.807) is 0 Å². The number of aromatic nitrogens is 6. The molecule has 6 rings (SSSR count). The number of tetrazole rings is 1. The van der Waals surface area contributed by atoms with E-state index >= 15 is 0 Å². The Hall–Kier alpha value is -3.48. The minimum Gasteiger partial charge on any atom is -0.283 e. The van der Waals surface area contributed by atoms with Crippen LogP contribution in [0.3, 0.4) is 0 Å². The highest BCUT2D eigenvalue weighted by Gasteiger charge is 2.33. The first kappa shape index (κ1) is 25.8. The molecule has 7 nitrogen and oxygen atoms in total. The van der Waals surface area contributed by atoms with E-state index in [2.05, 4.69) is 67.2 Å². The summed E-state index contributed by atoms with van der Waals surface area (Å²) in [5.74, 6) is 1.31. The van der Waals surface area contributed by atoms with Crippen LogP contribution in [-0.4, -0.2) is 30.0 Å². The Morgan fingerprint density at radius 3 is 2.46 bits per heavy atom. The fourth-order valence-corrected chi connectivity index (χ4v) is 6.97.